The van der Waals surface area contributed by atoms with E-state index in [9.17, 15) is 0 Å². The van der Waals surface area contributed by atoms with Crippen LogP contribution in [0.3, 0.4) is 0 Å². The third kappa shape index (κ3) is 3.09. The van der Waals surface area contributed by atoms with Crippen LogP contribution in [0.2, 0.25) is 0 Å². The first-order valence-corrected chi connectivity index (χ1v) is 8.46. The number of benzene rings is 1. The van der Waals surface area contributed by atoms with E-state index < -0.39 is 0 Å². The summed E-state index contributed by atoms with van der Waals surface area (Å²) in [4.78, 5) is 6.85. The predicted molar refractivity (Wildman–Crippen MR) is 87.2 cm³/mol. The molecule has 7 nitrogen and oxygen atoms in total. The average molecular weight is 330 g/mol. The van der Waals surface area contributed by atoms with Crippen LogP contribution in [0.4, 0.5) is 0 Å². The van der Waals surface area contributed by atoms with Crippen LogP contribution in [0, 0.1) is 0 Å². The fraction of sp³-hybridized carbons (Fsp3) is 0.529. The number of para-hydroxylation sites is 1. The summed E-state index contributed by atoms with van der Waals surface area (Å²) < 4.78 is 17.3. The number of rotatable bonds is 4. The monoisotopic (exact) mass is 330 g/mol. The molecular formula is C17H22N4O3. The van der Waals surface area contributed by atoms with Gasteiger partial charge in [0.1, 0.15) is 25.1 Å². The van der Waals surface area contributed by atoms with Crippen molar-refractivity contribution in [1.82, 2.24) is 20.1 Å². The van der Waals surface area contributed by atoms with Crippen LogP contribution >= 0.6 is 0 Å². The van der Waals surface area contributed by atoms with E-state index in [1.54, 1.807) is 0 Å². The van der Waals surface area contributed by atoms with Crippen molar-refractivity contribution in [3.8, 4) is 11.5 Å². The maximum Gasteiger partial charge on any atom is 0.180 e. The number of hydrogen-bond donors (Lipinski definition) is 1. The van der Waals surface area contributed by atoms with Crippen LogP contribution in [0.15, 0.2) is 18.2 Å². The molecule has 1 aromatic heterocycles. The van der Waals surface area contributed by atoms with E-state index in [1.807, 2.05) is 12.1 Å². The van der Waals surface area contributed by atoms with Crippen LogP contribution in [0.5, 0.6) is 11.5 Å². The number of ether oxygens (including phenoxy) is 3. The van der Waals surface area contributed by atoms with Crippen molar-refractivity contribution in [3.63, 3.8) is 0 Å². The quantitative estimate of drug-likeness (QED) is 0.920. The van der Waals surface area contributed by atoms with Gasteiger partial charge in [0.25, 0.3) is 0 Å². The number of aromatic nitrogens is 3. The molecule has 7 heteroatoms. The molecule has 1 saturated heterocycles. The molecule has 1 fully saturated rings. The van der Waals surface area contributed by atoms with Crippen LogP contribution in [-0.4, -0.2) is 53.0 Å². The summed E-state index contributed by atoms with van der Waals surface area (Å²) in [6.45, 7) is 6.40. The minimum absolute atomic E-state index is 0.0907. The topological polar surface area (TPSA) is 72.5 Å². The van der Waals surface area contributed by atoms with Gasteiger partial charge in [0.15, 0.2) is 17.3 Å². The lowest BCUT2D eigenvalue weighted by atomic mass is 10.1. The summed E-state index contributed by atoms with van der Waals surface area (Å²) >= 11 is 0. The van der Waals surface area contributed by atoms with Crippen molar-refractivity contribution in [2.45, 2.75) is 26.0 Å². The van der Waals surface area contributed by atoms with E-state index in [0.29, 0.717) is 19.8 Å². The van der Waals surface area contributed by atoms with Crippen molar-refractivity contribution in [1.29, 1.82) is 0 Å². The highest BCUT2D eigenvalue weighted by Gasteiger charge is 2.26. The van der Waals surface area contributed by atoms with Gasteiger partial charge in [-0.15, -0.1) is 0 Å². The first-order chi connectivity index (χ1) is 11.8. The Morgan fingerprint density at radius 2 is 2.17 bits per heavy atom. The lowest BCUT2D eigenvalue weighted by Gasteiger charge is -2.32. The van der Waals surface area contributed by atoms with E-state index in [-0.39, 0.29) is 6.10 Å². The summed E-state index contributed by atoms with van der Waals surface area (Å²) in [7, 11) is 0. The minimum Gasteiger partial charge on any atom is -0.486 e. The van der Waals surface area contributed by atoms with Crippen molar-refractivity contribution in [3.05, 3.63) is 35.4 Å². The number of nitrogens with one attached hydrogen (secondary N) is 1. The molecule has 1 aromatic carbocycles. The van der Waals surface area contributed by atoms with Crippen LogP contribution < -0.4 is 9.47 Å². The lowest BCUT2D eigenvalue weighted by molar-refractivity contribution is -0.0373. The van der Waals surface area contributed by atoms with Crippen molar-refractivity contribution < 1.29 is 14.2 Å². The molecule has 4 rings (SSSR count). The number of fused-ring (bicyclic) bond motifs is 1. The Kier molecular flexibility index (Phi) is 4.36. The van der Waals surface area contributed by atoms with Gasteiger partial charge >= 0.3 is 0 Å². The van der Waals surface area contributed by atoms with Crippen LogP contribution in [0.25, 0.3) is 0 Å². The third-order valence-electron chi connectivity index (χ3n) is 4.36. The Bertz CT molecular complexity index is 703. The van der Waals surface area contributed by atoms with Gasteiger partial charge in [-0.1, -0.05) is 19.1 Å². The standard InChI is InChI=1S/C17H22N4O3/c1-2-15-18-17(20-19-15)14-11-21(6-7-22-14)10-12-4-3-5-13-16(12)24-9-8-23-13/h3-5,14H,2,6-11H2,1H3,(H,18,19,20). The number of aromatic amines is 1. The molecule has 3 heterocycles. The smallest absolute Gasteiger partial charge is 0.180 e. The van der Waals surface area contributed by atoms with Gasteiger partial charge < -0.3 is 14.2 Å². The first-order valence-electron chi connectivity index (χ1n) is 8.46. The molecule has 24 heavy (non-hydrogen) atoms. The van der Waals surface area contributed by atoms with Gasteiger partial charge in [-0.2, -0.15) is 5.10 Å². The number of nitrogens with zero attached hydrogens (tertiary/aromatic N) is 3. The molecule has 2 aliphatic rings. The van der Waals surface area contributed by atoms with E-state index in [1.165, 1.54) is 0 Å². The van der Waals surface area contributed by atoms with E-state index >= 15 is 0 Å². The van der Waals surface area contributed by atoms with Gasteiger partial charge in [-0.05, 0) is 6.07 Å². The summed E-state index contributed by atoms with van der Waals surface area (Å²) in [5.74, 6) is 3.35. The third-order valence-corrected chi connectivity index (χ3v) is 4.36. The van der Waals surface area contributed by atoms with Gasteiger partial charge in [-0.3, -0.25) is 10.00 Å². The Hall–Kier alpha value is -2.12. The molecule has 2 aliphatic heterocycles. The number of aryl methyl sites for hydroxylation is 1. The summed E-state index contributed by atoms with van der Waals surface area (Å²) in [5, 5.41) is 7.25. The van der Waals surface area contributed by atoms with Crippen molar-refractivity contribution in [2.75, 3.05) is 32.9 Å². The van der Waals surface area contributed by atoms with E-state index in [0.717, 1.165) is 54.8 Å². The molecule has 0 radical (unpaired) electrons. The Morgan fingerprint density at radius 1 is 1.25 bits per heavy atom. The van der Waals surface area contributed by atoms with Crippen molar-refractivity contribution in [2.24, 2.45) is 0 Å². The Labute approximate surface area is 140 Å². The maximum absolute atomic E-state index is 5.86. The largest absolute Gasteiger partial charge is 0.486 e. The molecule has 0 spiro atoms. The normalized spacial score (nSPS) is 21.0. The molecule has 1 atom stereocenters. The summed E-state index contributed by atoms with van der Waals surface area (Å²) in [5.41, 5.74) is 1.15. The molecule has 0 aliphatic carbocycles. The molecule has 128 valence electrons. The molecule has 1 N–H and O–H groups in total. The fourth-order valence-electron chi connectivity index (χ4n) is 3.11. The average Bonchev–Trinajstić information content (AvgIpc) is 3.12. The van der Waals surface area contributed by atoms with E-state index in [4.69, 9.17) is 14.2 Å². The molecule has 0 amide bonds. The van der Waals surface area contributed by atoms with Gasteiger partial charge in [-0.25, -0.2) is 4.98 Å². The Morgan fingerprint density at radius 3 is 3.04 bits per heavy atom. The molecule has 1 unspecified atom stereocenters. The number of morpholine rings is 1. The van der Waals surface area contributed by atoms with E-state index in [2.05, 4.69) is 33.1 Å². The summed E-state index contributed by atoms with van der Waals surface area (Å²) in [6, 6.07) is 6.07. The zero-order chi connectivity index (χ0) is 16.4. The van der Waals surface area contributed by atoms with Crippen LogP contribution in [0.1, 0.15) is 30.2 Å². The van der Waals surface area contributed by atoms with Crippen LogP contribution in [-0.2, 0) is 17.7 Å². The molecule has 2 aromatic rings. The highest BCUT2D eigenvalue weighted by atomic mass is 16.6. The molecule has 0 bridgehead atoms. The highest BCUT2D eigenvalue weighted by Crippen LogP contribution is 2.34. The maximum atomic E-state index is 5.86. The second-order valence-electron chi connectivity index (χ2n) is 6.03. The van der Waals surface area contributed by atoms with Gasteiger partial charge in [0, 0.05) is 31.6 Å². The lowest BCUT2D eigenvalue weighted by Crippen LogP contribution is -2.38. The summed E-state index contributed by atoms with van der Waals surface area (Å²) in [6.07, 6.45) is 0.753. The SMILES string of the molecule is CCc1nc(C2CN(Cc3cccc4c3OCCO4)CCO2)n[nH]1. The highest BCUT2D eigenvalue weighted by molar-refractivity contribution is 5.47. The second kappa shape index (κ2) is 6.78. The fourth-order valence-corrected chi connectivity index (χ4v) is 3.11. The predicted octanol–water partition coefficient (Wildman–Crippen LogP) is 1.71. The molecular weight excluding hydrogens is 308 g/mol. The Balaban J connectivity index is 1.47. The number of H-pyrrole nitrogens is 1. The molecule has 0 saturated carbocycles. The first kappa shape index (κ1) is 15.4. The van der Waals surface area contributed by atoms with Gasteiger partial charge in [0.05, 0.1) is 6.61 Å². The zero-order valence-corrected chi connectivity index (χ0v) is 13.8. The minimum atomic E-state index is -0.0907. The van der Waals surface area contributed by atoms with Crippen molar-refractivity contribution >= 4 is 0 Å². The zero-order valence-electron chi connectivity index (χ0n) is 13.8. The number of hydrogen-bond acceptors (Lipinski definition) is 6. The second-order valence-corrected chi connectivity index (χ2v) is 6.03. The van der Waals surface area contributed by atoms with Gasteiger partial charge in [0.2, 0.25) is 0 Å².